The number of hydrogen-bond acceptors (Lipinski definition) is 7. The molecule has 0 aliphatic rings. The predicted molar refractivity (Wildman–Crippen MR) is 83.5 cm³/mol. The van der Waals surface area contributed by atoms with Gasteiger partial charge in [-0.1, -0.05) is 11.6 Å². The molecule has 2 rings (SSSR count). The van der Waals surface area contributed by atoms with Gasteiger partial charge in [-0.2, -0.15) is 4.98 Å². The third-order valence-electron chi connectivity index (χ3n) is 2.60. The van der Waals surface area contributed by atoms with Crippen LogP contribution >= 0.6 is 11.6 Å². The number of aliphatic hydroxyl groups excluding tert-OH is 1. The van der Waals surface area contributed by atoms with Crippen LogP contribution < -0.4 is 15.8 Å². The van der Waals surface area contributed by atoms with Gasteiger partial charge in [0.15, 0.2) is 0 Å². The van der Waals surface area contributed by atoms with Crippen molar-refractivity contribution in [3.8, 4) is 0 Å². The molecule has 0 saturated carbocycles. The second-order valence-electron chi connectivity index (χ2n) is 4.20. The molecule has 2 aromatic rings. The number of sulfonamides is 1. The highest BCUT2D eigenvalue weighted by Gasteiger charge is 2.12. The van der Waals surface area contributed by atoms with Crippen molar-refractivity contribution < 1.29 is 13.5 Å². The van der Waals surface area contributed by atoms with Gasteiger partial charge in [-0.05, 0) is 24.3 Å². The van der Waals surface area contributed by atoms with Gasteiger partial charge in [-0.3, -0.25) is 0 Å². The van der Waals surface area contributed by atoms with Crippen LogP contribution in [0.5, 0.6) is 0 Å². The maximum Gasteiger partial charge on any atom is 0.240 e. The quantitative estimate of drug-likeness (QED) is 0.608. The predicted octanol–water partition coefficient (Wildman–Crippen LogP) is 0.726. The molecule has 10 heteroatoms. The van der Waals surface area contributed by atoms with Crippen molar-refractivity contribution in [2.24, 2.45) is 0 Å². The molecule has 0 unspecified atom stereocenters. The first-order valence-corrected chi connectivity index (χ1v) is 8.04. The lowest BCUT2D eigenvalue weighted by Crippen LogP contribution is -2.26. The molecule has 118 valence electrons. The van der Waals surface area contributed by atoms with Gasteiger partial charge < -0.3 is 16.2 Å². The van der Waals surface area contributed by atoms with E-state index in [2.05, 4.69) is 20.0 Å². The van der Waals surface area contributed by atoms with Gasteiger partial charge in [-0.25, -0.2) is 18.1 Å². The highest BCUT2D eigenvalue weighted by Crippen LogP contribution is 2.20. The number of nitrogens with zero attached hydrogens (tertiary/aromatic N) is 2. The summed E-state index contributed by atoms with van der Waals surface area (Å²) in [6.07, 6.45) is 1.36. The van der Waals surface area contributed by atoms with Crippen molar-refractivity contribution in [1.29, 1.82) is 0 Å². The van der Waals surface area contributed by atoms with Gasteiger partial charge >= 0.3 is 0 Å². The first kappa shape index (κ1) is 16.4. The maximum atomic E-state index is 11.8. The molecule has 0 aliphatic carbocycles. The van der Waals surface area contributed by atoms with Gasteiger partial charge in [0.05, 0.1) is 17.7 Å². The third-order valence-corrected chi connectivity index (χ3v) is 4.36. The first-order chi connectivity index (χ1) is 10.4. The molecule has 0 fully saturated rings. The van der Waals surface area contributed by atoms with E-state index in [-0.39, 0.29) is 34.8 Å². The molecular formula is C12H14ClN5O3S. The summed E-state index contributed by atoms with van der Waals surface area (Å²) in [4.78, 5) is 7.98. The first-order valence-electron chi connectivity index (χ1n) is 6.18. The zero-order valence-corrected chi connectivity index (χ0v) is 12.9. The fourth-order valence-corrected chi connectivity index (χ4v) is 2.66. The minimum absolute atomic E-state index is 0.0414. The van der Waals surface area contributed by atoms with E-state index < -0.39 is 10.0 Å². The normalized spacial score (nSPS) is 11.4. The van der Waals surface area contributed by atoms with Crippen LogP contribution in [0.3, 0.4) is 0 Å². The van der Waals surface area contributed by atoms with E-state index in [1.54, 1.807) is 12.1 Å². The number of anilines is 3. The maximum absolute atomic E-state index is 11.8. The van der Waals surface area contributed by atoms with Crippen LogP contribution in [0, 0.1) is 0 Å². The smallest absolute Gasteiger partial charge is 0.240 e. The SMILES string of the molecule is Nc1nc(Nc2ccc(S(=O)(=O)NCCO)cc2)ncc1Cl. The fourth-order valence-electron chi connectivity index (χ4n) is 1.55. The Morgan fingerprint density at radius 1 is 1.27 bits per heavy atom. The summed E-state index contributed by atoms with van der Waals surface area (Å²) >= 11 is 5.73. The summed E-state index contributed by atoms with van der Waals surface area (Å²) in [5.74, 6) is 0.391. The highest BCUT2D eigenvalue weighted by molar-refractivity contribution is 7.89. The van der Waals surface area contributed by atoms with Crippen LogP contribution in [0.25, 0.3) is 0 Å². The van der Waals surface area contributed by atoms with Crippen LogP contribution in [0.2, 0.25) is 5.02 Å². The number of nitrogens with one attached hydrogen (secondary N) is 2. The second-order valence-corrected chi connectivity index (χ2v) is 6.37. The number of nitrogen functional groups attached to an aromatic ring is 1. The fraction of sp³-hybridized carbons (Fsp3) is 0.167. The number of aromatic nitrogens is 2. The van der Waals surface area contributed by atoms with E-state index in [4.69, 9.17) is 22.4 Å². The lowest BCUT2D eigenvalue weighted by atomic mass is 10.3. The largest absolute Gasteiger partial charge is 0.395 e. The minimum Gasteiger partial charge on any atom is -0.395 e. The summed E-state index contributed by atoms with van der Waals surface area (Å²) in [5.41, 5.74) is 6.16. The number of aliphatic hydroxyl groups is 1. The van der Waals surface area contributed by atoms with Gasteiger partial charge in [0.25, 0.3) is 0 Å². The van der Waals surface area contributed by atoms with Crippen molar-refractivity contribution >= 4 is 39.1 Å². The monoisotopic (exact) mass is 343 g/mol. The van der Waals surface area contributed by atoms with Crippen LogP contribution in [-0.4, -0.2) is 36.6 Å². The summed E-state index contributed by atoms with van der Waals surface area (Å²) in [6, 6.07) is 5.95. The van der Waals surface area contributed by atoms with Gasteiger partial charge in [0.1, 0.15) is 10.8 Å². The molecule has 5 N–H and O–H groups in total. The van der Waals surface area contributed by atoms with Crippen LogP contribution in [0.4, 0.5) is 17.5 Å². The highest BCUT2D eigenvalue weighted by atomic mass is 35.5. The summed E-state index contributed by atoms with van der Waals surface area (Å²) in [7, 11) is -3.63. The molecule has 0 amide bonds. The Labute approximate surface area is 132 Å². The molecular weight excluding hydrogens is 330 g/mol. The van der Waals surface area contributed by atoms with Crippen molar-refractivity contribution in [3.05, 3.63) is 35.5 Å². The Bertz CT molecular complexity index is 752. The van der Waals surface area contributed by atoms with E-state index in [0.29, 0.717) is 5.69 Å². The Morgan fingerprint density at radius 3 is 2.55 bits per heavy atom. The van der Waals surface area contributed by atoms with Gasteiger partial charge in [0.2, 0.25) is 16.0 Å². The third kappa shape index (κ3) is 4.04. The standard InChI is InChI=1S/C12H14ClN5O3S/c13-10-7-15-12(18-11(10)14)17-8-1-3-9(4-2-8)22(20,21)16-5-6-19/h1-4,7,16,19H,5-6H2,(H3,14,15,17,18). The lowest BCUT2D eigenvalue weighted by Gasteiger charge is -2.08. The summed E-state index contributed by atoms with van der Waals surface area (Å²) in [6.45, 7) is -0.311. The van der Waals surface area contributed by atoms with Gasteiger partial charge in [0, 0.05) is 12.2 Å². The minimum atomic E-state index is -3.63. The summed E-state index contributed by atoms with van der Waals surface area (Å²) in [5, 5.41) is 11.8. The molecule has 1 aromatic carbocycles. The molecule has 0 atom stereocenters. The molecule has 8 nitrogen and oxygen atoms in total. The van der Waals surface area contributed by atoms with Crippen LogP contribution in [-0.2, 0) is 10.0 Å². The molecule has 0 bridgehead atoms. The van der Waals surface area contributed by atoms with E-state index in [0.717, 1.165) is 0 Å². The zero-order chi connectivity index (χ0) is 16.2. The molecule has 1 heterocycles. The summed E-state index contributed by atoms with van der Waals surface area (Å²) < 4.78 is 25.9. The average Bonchev–Trinajstić information content (AvgIpc) is 2.50. The Morgan fingerprint density at radius 2 is 1.95 bits per heavy atom. The van der Waals surface area contributed by atoms with Crippen molar-refractivity contribution in [3.63, 3.8) is 0 Å². The zero-order valence-electron chi connectivity index (χ0n) is 11.3. The molecule has 0 spiro atoms. The number of benzene rings is 1. The topological polar surface area (TPSA) is 130 Å². The number of halogens is 1. The van der Waals surface area contributed by atoms with Crippen LogP contribution in [0.1, 0.15) is 0 Å². The Balaban J connectivity index is 2.13. The number of nitrogens with two attached hydrogens (primary N) is 1. The Kier molecular flexibility index (Phi) is 5.14. The number of rotatable bonds is 6. The van der Waals surface area contributed by atoms with Gasteiger partial charge in [-0.15, -0.1) is 0 Å². The molecule has 1 aromatic heterocycles. The molecule has 0 saturated heterocycles. The molecule has 0 radical (unpaired) electrons. The Hall–Kier alpha value is -1.94. The number of hydrogen-bond donors (Lipinski definition) is 4. The average molecular weight is 344 g/mol. The molecule has 22 heavy (non-hydrogen) atoms. The second kappa shape index (κ2) is 6.88. The van der Waals surface area contributed by atoms with E-state index in [1.165, 1.54) is 18.3 Å². The van der Waals surface area contributed by atoms with Crippen LogP contribution in [0.15, 0.2) is 35.4 Å². The van der Waals surface area contributed by atoms with E-state index in [1.807, 2.05) is 0 Å². The lowest BCUT2D eigenvalue weighted by molar-refractivity contribution is 0.301. The van der Waals surface area contributed by atoms with E-state index in [9.17, 15) is 8.42 Å². The van der Waals surface area contributed by atoms with E-state index >= 15 is 0 Å². The van der Waals surface area contributed by atoms with Crippen molar-refractivity contribution in [1.82, 2.24) is 14.7 Å². The molecule has 0 aliphatic heterocycles. The van der Waals surface area contributed by atoms with Crippen molar-refractivity contribution in [2.45, 2.75) is 4.90 Å². The van der Waals surface area contributed by atoms with Crippen molar-refractivity contribution in [2.75, 3.05) is 24.2 Å².